The Balaban J connectivity index is 2.53. The van der Waals surface area contributed by atoms with Crippen LogP contribution in [0.25, 0.3) is 0 Å². The minimum Gasteiger partial charge on any atom is -0.481 e. The lowest BCUT2D eigenvalue weighted by molar-refractivity contribution is -0.138. The smallest absolute Gasteiger partial charge is 0.303 e. The van der Waals surface area contributed by atoms with E-state index in [1.54, 1.807) is 0 Å². The molecular formula is C15H22N2O3. The number of benzene rings is 1. The number of carbonyl (C=O) groups excluding carboxylic acids is 1. The van der Waals surface area contributed by atoms with Crippen molar-refractivity contribution in [3.05, 3.63) is 35.4 Å². The van der Waals surface area contributed by atoms with Crippen LogP contribution >= 0.6 is 0 Å². The Bertz CT molecular complexity index is 457. The molecule has 0 heterocycles. The first-order chi connectivity index (χ1) is 9.43. The standard InChI is InChI=1S/C15H22N2O3/c1-3-11(8-13(18)19)9-17-15(20)14(16)12-6-4-10(2)5-7-12/h4-7,11,14H,3,8-9,16H2,1-2H3,(H,17,20)(H,18,19). The summed E-state index contributed by atoms with van der Waals surface area (Å²) < 4.78 is 0. The van der Waals surface area contributed by atoms with Gasteiger partial charge in [-0.2, -0.15) is 0 Å². The Morgan fingerprint density at radius 2 is 1.90 bits per heavy atom. The molecule has 1 aromatic carbocycles. The van der Waals surface area contributed by atoms with Crippen LogP contribution in [0.4, 0.5) is 0 Å². The molecule has 4 N–H and O–H groups in total. The zero-order valence-electron chi connectivity index (χ0n) is 11.9. The number of carbonyl (C=O) groups is 2. The van der Waals surface area contributed by atoms with E-state index in [1.807, 2.05) is 38.1 Å². The van der Waals surface area contributed by atoms with Crippen LogP contribution < -0.4 is 11.1 Å². The molecule has 20 heavy (non-hydrogen) atoms. The molecule has 2 unspecified atom stereocenters. The summed E-state index contributed by atoms with van der Waals surface area (Å²) in [5.41, 5.74) is 7.74. The van der Waals surface area contributed by atoms with Gasteiger partial charge in [0.05, 0.1) is 0 Å². The van der Waals surface area contributed by atoms with Crippen molar-refractivity contribution < 1.29 is 14.7 Å². The van der Waals surface area contributed by atoms with E-state index < -0.39 is 12.0 Å². The van der Waals surface area contributed by atoms with Crippen molar-refractivity contribution in [2.75, 3.05) is 6.54 Å². The molecule has 1 aromatic rings. The van der Waals surface area contributed by atoms with Crippen LogP contribution in [-0.2, 0) is 9.59 Å². The van der Waals surface area contributed by atoms with Crippen molar-refractivity contribution in [2.45, 2.75) is 32.7 Å². The lowest BCUT2D eigenvalue weighted by Crippen LogP contribution is -2.37. The molecule has 0 bridgehead atoms. The van der Waals surface area contributed by atoms with Crippen LogP contribution in [0, 0.1) is 12.8 Å². The first-order valence-corrected chi connectivity index (χ1v) is 6.75. The summed E-state index contributed by atoms with van der Waals surface area (Å²) in [5.74, 6) is -1.20. The molecule has 2 atom stereocenters. The van der Waals surface area contributed by atoms with Crippen molar-refractivity contribution in [1.29, 1.82) is 0 Å². The molecule has 0 aromatic heterocycles. The molecule has 0 aliphatic heterocycles. The van der Waals surface area contributed by atoms with Gasteiger partial charge in [0.15, 0.2) is 0 Å². The third-order valence-corrected chi connectivity index (χ3v) is 3.32. The molecule has 0 saturated carbocycles. The zero-order chi connectivity index (χ0) is 15.1. The SMILES string of the molecule is CCC(CNC(=O)C(N)c1ccc(C)cc1)CC(=O)O. The fourth-order valence-corrected chi connectivity index (χ4v) is 1.89. The molecule has 1 rings (SSSR count). The predicted octanol–water partition coefficient (Wildman–Crippen LogP) is 1.61. The van der Waals surface area contributed by atoms with Crippen LogP contribution in [0.5, 0.6) is 0 Å². The molecule has 1 amide bonds. The van der Waals surface area contributed by atoms with E-state index in [-0.39, 0.29) is 18.2 Å². The van der Waals surface area contributed by atoms with Crippen molar-refractivity contribution in [3.8, 4) is 0 Å². The van der Waals surface area contributed by atoms with Gasteiger partial charge in [-0.25, -0.2) is 0 Å². The molecule has 0 aliphatic carbocycles. The van der Waals surface area contributed by atoms with Crippen molar-refractivity contribution >= 4 is 11.9 Å². The summed E-state index contributed by atoms with van der Waals surface area (Å²) in [7, 11) is 0. The third kappa shape index (κ3) is 5.01. The van der Waals surface area contributed by atoms with Crippen LogP contribution in [0.3, 0.4) is 0 Å². The van der Waals surface area contributed by atoms with E-state index in [9.17, 15) is 9.59 Å². The van der Waals surface area contributed by atoms with E-state index in [1.165, 1.54) is 0 Å². The highest BCUT2D eigenvalue weighted by molar-refractivity contribution is 5.83. The van der Waals surface area contributed by atoms with E-state index in [2.05, 4.69) is 5.32 Å². The number of aliphatic carboxylic acids is 1. The lowest BCUT2D eigenvalue weighted by atomic mass is 10.0. The van der Waals surface area contributed by atoms with Crippen molar-refractivity contribution in [3.63, 3.8) is 0 Å². The molecular weight excluding hydrogens is 256 g/mol. The summed E-state index contributed by atoms with van der Waals surface area (Å²) in [5, 5.41) is 11.5. The van der Waals surface area contributed by atoms with Gasteiger partial charge in [-0.1, -0.05) is 43.2 Å². The van der Waals surface area contributed by atoms with Gasteiger partial charge in [0, 0.05) is 13.0 Å². The first kappa shape index (κ1) is 16.2. The number of hydrogen-bond acceptors (Lipinski definition) is 3. The van der Waals surface area contributed by atoms with Gasteiger partial charge < -0.3 is 16.2 Å². The Morgan fingerprint density at radius 1 is 1.30 bits per heavy atom. The number of rotatable bonds is 7. The Labute approximate surface area is 119 Å². The Kier molecular flexibility index (Phi) is 6.18. The minimum atomic E-state index is -0.853. The van der Waals surface area contributed by atoms with Gasteiger partial charge in [0.25, 0.3) is 0 Å². The molecule has 0 spiro atoms. The fourth-order valence-electron chi connectivity index (χ4n) is 1.89. The highest BCUT2D eigenvalue weighted by Crippen LogP contribution is 2.12. The van der Waals surface area contributed by atoms with Gasteiger partial charge in [0.1, 0.15) is 6.04 Å². The van der Waals surface area contributed by atoms with E-state index in [4.69, 9.17) is 10.8 Å². The average Bonchev–Trinajstić information content (AvgIpc) is 2.42. The Hall–Kier alpha value is -1.88. The van der Waals surface area contributed by atoms with Crippen molar-refractivity contribution in [2.24, 2.45) is 11.7 Å². The fraction of sp³-hybridized carbons (Fsp3) is 0.467. The van der Waals surface area contributed by atoms with Gasteiger partial charge in [-0.05, 0) is 18.4 Å². The zero-order valence-corrected chi connectivity index (χ0v) is 11.9. The van der Waals surface area contributed by atoms with Gasteiger partial charge in [-0.3, -0.25) is 9.59 Å². The number of nitrogens with one attached hydrogen (secondary N) is 1. The monoisotopic (exact) mass is 278 g/mol. The number of carboxylic acids is 1. The molecule has 0 aliphatic rings. The second-order valence-electron chi connectivity index (χ2n) is 5.01. The quantitative estimate of drug-likeness (QED) is 0.706. The lowest BCUT2D eigenvalue weighted by Gasteiger charge is -2.16. The predicted molar refractivity (Wildman–Crippen MR) is 77.2 cm³/mol. The van der Waals surface area contributed by atoms with Crippen LogP contribution in [0.2, 0.25) is 0 Å². The summed E-state index contributed by atoms with van der Waals surface area (Å²) in [4.78, 5) is 22.6. The first-order valence-electron chi connectivity index (χ1n) is 6.75. The second kappa shape index (κ2) is 7.65. The largest absolute Gasteiger partial charge is 0.481 e. The summed E-state index contributed by atoms with van der Waals surface area (Å²) in [6.07, 6.45) is 0.753. The molecule has 5 nitrogen and oxygen atoms in total. The van der Waals surface area contributed by atoms with E-state index in [0.717, 1.165) is 11.1 Å². The molecule has 0 saturated heterocycles. The maximum Gasteiger partial charge on any atom is 0.303 e. The second-order valence-corrected chi connectivity index (χ2v) is 5.01. The number of hydrogen-bond donors (Lipinski definition) is 3. The molecule has 110 valence electrons. The normalized spacial score (nSPS) is 13.6. The van der Waals surface area contributed by atoms with E-state index in [0.29, 0.717) is 13.0 Å². The van der Waals surface area contributed by atoms with Gasteiger partial charge >= 0.3 is 5.97 Å². The number of aryl methyl sites for hydroxylation is 1. The van der Waals surface area contributed by atoms with Crippen LogP contribution in [-0.4, -0.2) is 23.5 Å². The molecule has 0 fully saturated rings. The molecule has 5 heteroatoms. The third-order valence-electron chi connectivity index (χ3n) is 3.32. The summed E-state index contributed by atoms with van der Waals surface area (Å²) in [6.45, 7) is 4.20. The highest BCUT2D eigenvalue weighted by atomic mass is 16.4. The van der Waals surface area contributed by atoms with Gasteiger partial charge in [-0.15, -0.1) is 0 Å². The average molecular weight is 278 g/mol. The highest BCUT2D eigenvalue weighted by Gasteiger charge is 2.18. The topological polar surface area (TPSA) is 92.4 Å². The maximum absolute atomic E-state index is 12.0. The van der Waals surface area contributed by atoms with Gasteiger partial charge in [0.2, 0.25) is 5.91 Å². The van der Waals surface area contributed by atoms with Crippen molar-refractivity contribution in [1.82, 2.24) is 5.32 Å². The molecule has 0 radical (unpaired) electrons. The van der Waals surface area contributed by atoms with E-state index >= 15 is 0 Å². The van der Waals surface area contributed by atoms with Crippen LogP contribution in [0.1, 0.15) is 36.9 Å². The minimum absolute atomic E-state index is 0.0521. The summed E-state index contributed by atoms with van der Waals surface area (Å²) in [6, 6.07) is 6.74. The maximum atomic E-state index is 12.0. The van der Waals surface area contributed by atoms with Crippen LogP contribution in [0.15, 0.2) is 24.3 Å². The number of amides is 1. The number of carboxylic acid groups (broad SMARTS) is 1. The number of nitrogens with two attached hydrogens (primary N) is 1. The summed E-state index contributed by atoms with van der Waals surface area (Å²) >= 11 is 0. The Morgan fingerprint density at radius 3 is 2.40 bits per heavy atom.